The molecule has 1 nitrogen and oxygen atoms in total. The van der Waals surface area contributed by atoms with Crippen LogP contribution < -0.4 is 5.32 Å². The zero-order valence-corrected chi connectivity index (χ0v) is 13.2. The summed E-state index contributed by atoms with van der Waals surface area (Å²) in [6.07, 6.45) is 6.27. The van der Waals surface area contributed by atoms with Crippen LogP contribution in [0.5, 0.6) is 0 Å². The van der Waals surface area contributed by atoms with Crippen molar-refractivity contribution >= 4 is 0 Å². The lowest BCUT2D eigenvalue weighted by atomic mass is 9.88. The minimum atomic E-state index is 0.401. The van der Waals surface area contributed by atoms with Gasteiger partial charge < -0.3 is 5.32 Å². The van der Waals surface area contributed by atoms with E-state index in [0.717, 1.165) is 6.42 Å². The zero-order valence-electron chi connectivity index (χ0n) is 13.2. The van der Waals surface area contributed by atoms with Gasteiger partial charge in [0, 0.05) is 6.04 Å². The first kappa shape index (κ1) is 14.3. The number of hydrogen-bond acceptors (Lipinski definition) is 1. The quantitative estimate of drug-likeness (QED) is 0.876. The molecule has 0 aliphatic heterocycles. The lowest BCUT2D eigenvalue weighted by Gasteiger charge is -2.22. The first-order chi connectivity index (χ1) is 10.3. The van der Waals surface area contributed by atoms with E-state index in [2.05, 4.69) is 61.8 Å². The molecule has 1 heteroatoms. The summed E-state index contributed by atoms with van der Waals surface area (Å²) >= 11 is 0. The van der Waals surface area contributed by atoms with Gasteiger partial charge in [0.2, 0.25) is 0 Å². The maximum Gasteiger partial charge on any atom is 0.0358 e. The normalized spacial score (nSPS) is 15.5. The van der Waals surface area contributed by atoms with E-state index in [0.29, 0.717) is 6.04 Å². The second-order valence-corrected chi connectivity index (χ2v) is 6.21. The summed E-state index contributed by atoms with van der Waals surface area (Å²) in [6, 6.07) is 16.2. The molecule has 21 heavy (non-hydrogen) atoms. The maximum absolute atomic E-state index is 3.50. The van der Waals surface area contributed by atoms with Crippen LogP contribution in [0.3, 0.4) is 0 Å². The first-order valence-electron chi connectivity index (χ1n) is 8.11. The Labute approximate surface area is 128 Å². The summed E-state index contributed by atoms with van der Waals surface area (Å²) < 4.78 is 0. The average Bonchev–Trinajstić information content (AvgIpc) is 2.54. The van der Waals surface area contributed by atoms with Crippen molar-refractivity contribution in [3.63, 3.8) is 0 Å². The molecule has 0 bridgehead atoms. The summed E-state index contributed by atoms with van der Waals surface area (Å²) in [5.41, 5.74) is 7.39. The molecule has 0 aromatic heterocycles. The highest BCUT2D eigenvalue weighted by Gasteiger charge is 2.15. The first-order valence-corrected chi connectivity index (χ1v) is 8.11. The minimum absolute atomic E-state index is 0.401. The topological polar surface area (TPSA) is 12.0 Å². The van der Waals surface area contributed by atoms with E-state index in [1.165, 1.54) is 42.4 Å². The standard InChI is InChI=1S/C20H25N/c1-15-7-3-4-9-17(15)14-20(21-2)19-12-11-16-8-5-6-10-18(16)13-19/h3-4,7,9,11-13,20-21H,5-6,8,10,14H2,1-2H3. The molecule has 1 atom stereocenters. The molecule has 2 aromatic carbocycles. The van der Waals surface area contributed by atoms with Crippen LogP contribution in [0.25, 0.3) is 0 Å². The van der Waals surface area contributed by atoms with Gasteiger partial charge in [-0.05, 0) is 73.9 Å². The summed E-state index contributed by atoms with van der Waals surface area (Å²) in [5, 5.41) is 3.50. The lowest BCUT2D eigenvalue weighted by molar-refractivity contribution is 0.587. The fourth-order valence-electron chi connectivity index (χ4n) is 3.42. The van der Waals surface area contributed by atoms with Crippen molar-refractivity contribution < 1.29 is 0 Å². The Morgan fingerprint density at radius 2 is 1.76 bits per heavy atom. The van der Waals surface area contributed by atoms with E-state index < -0.39 is 0 Å². The second-order valence-electron chi connectivity index (χ2n) is 6.21. The number of fused-ring (bicyclic) bond motifs is 1. The molecule has 0 heterocycles. The number of likely N-dealkylation sites (N-methyl/N-ethyl adjacent to an activating group) is 1. The molecular weight excluding hydrogens is 254 g/mol. The van der Waals surface area contributed by atoms with Crippen LogP contribution >= 0.6 is 0 Å². The fourth-order valence-corrected chi connectivity index (χ4v) is 3.42. The van der Waals surface area contributed by atoms with Gasteiger partial charge in [0.05, 0.1) is 0 Å². The van der Waals surface area contributed by atoms with E-state index in [1.54, 1.807) is 11.1 Å². The number of rotatable bonds is 4. The van der Waals surface area contributed by atoms with Crippen molar-refractivity contribution in [3.8, 4) is 0 Å². The number of nitrogens with one attached hydrogen (secondary N) is 1. The third-order valence-electron chi connectivity index (χ3n) is 4.81. The van der Waals surface area contributed by atoms with Crippen molar-refractivity contribution in [2.75, 3.05) is 7.05 Å². The Hall–Kier alpha value is -1.60. The Balaban J connectivity index is 1.85. The van der Waals surface area contributed by atoms with Crippen LogP contribution in [-0.4, -0.2) is 7.05 Å². The second kappa shape index (κ2) is 6.44. The molecule has 1 aliphatic carbocycles. The number of hydrogen-bond donors (Lipinski definition) is 1. The van der Waals surface area contributed by atoms with Crippen molar-refractivity contribution in [1.82, 2.24) is 5.32 Å². The fraction of sp³-hybridized carbons (Fsp3) is 0.400. The van der Waals surface area contributed by atoms with Crippen molar-refractivity contribution in [1.29, 1.82) is 0 Å². The van der Waals surface area contributed by atoms with Crippen LogP contribution in [0.1, 0.15) is 46.7 Å². The molecule has 0 saturated heterocycles. The molecule has 110 valence electrons. The van der Waals surface area contributed by atoms with Gasteiger partial charge in [0.1, 0.15) is 0 Å². The molecule has 1 unspecified atom stereocenters. The van der Waals surface area contributed by atoms with E-state index in [-0.39, 0.29) is 0 Å². The smallest absolute Gasteiger partial charge is 0.0358 e. The van der Waals surface area contributed by atoms with Gasteiger partial charge in [-0.15, -0.1) is 0 Å². The maximum atomic E-state index is 3.50. The molecule has 0 radical (unpaired) electrons. The molecule has 3 rings (SSSR count). The van der Waals surface area contributed by atoms with Crippen molar-refractivity contribution in [3.05, 3.63) is 70.3 Å². The highest BCUT2D eigenvalue weighted by molar-refractivity contribution is 5.36. The summed E-state index contributed by atoms with van der Waals surface area (Å²) in [6.45, 7) is 2.20. The molecule has 1 N–H and O–H groups in total. The van der Waals surface area contributed by atoms with Gasteiger partial charge in [-0.3, -0.25) is 0 Å². The van der Waals surface area contributed by atoms with Crippen LogP contribution in [0.4, 0.5) is 0 Å². The van der Waals surface area contributed by atoms with Gasteiger partial charge in [-0.2, -0.15) is 0 Å². The van der Waals surface area contributed by atoms with Gasteiger partial charge in [-0.1, -0.05) is 42.5 Å². The van der Waals surface area contributed by atoms with Crippen LogP contribution in [0, 0.1) is 6.92 Å². The van der Waals surface area contributed by atoms with E-state index in [9.17, 15) is 0 Å². The number of benzene rings is 2. The summed E-state index contributed by atoms with van der Waals surface area (Å²) in [5.74, 6) is 0. The van der Waals surface area contributed by atoms with Crippen molar-refractivity contribution in [2.24, 2.45) is 0 Å². The van der Waals surface area contributed by atoms with Crippen molar-refractivity contribution in [2.45, 2.75) is 45.1 Å². The SMILES string of the molecule is CNC(Cc1ccccc1C)c1ccc2c(c1)CCCC2. The molecule has 2 aromatic rings. The summed E-state index contributed by atoms with van der Waals surface area (Å²) in [4.78, 5) is 0. The Morgan fingerprint density at radius 3 is 2.52 bits per heavy atom. The minimum Gasteiger partial charge on any atom is -0.313 e. The highest BCUT2D eigenvalue weighted by Crippen LogP contribution is 2.26. The van der Waals surface area contributed by atoms with Gasteiger partial charge in [0.15, 0.2) is 0 Å². The van der Waals surface area contributed by atoms with E-state index in [4.69, 9.17) is 0 Å². The average molecular weight is 279 g/mol. The third kappa shape index (κ3) is 3.19. The van der Waals surface area contributed by atoms with Crippen LogP contribution in [-0.2, 0) is 19.3 Å². The zero-order chi connectivity index (χ0) is 14.7. The van der Waals surface area contributed by atoms with E-state index >= 15 is 0 Å². The molecule has 1 aliphatic rings. The van der Waals surface area contributed by atoms with Gasteiger partial charge in [0.25, 0.3) is 0 Å². The molecule has 0 fully saturated rings. The molecule has 0 spiro atoms. The van der Waals surface area contributed by atoms with Gasteiger partial charge in [-0.25, -0.2) is 0 Å². The molecule has 0 saturated carbocycles. The Kier molecular flexibility index (Phi) is 4.40. The largest absolute Gasteiger partial charge is 0.313 e. The van der Waals surface area contributed by atoms with Crippen LogP contribution in [0.15, 0.2) is 42.5 Å². The predicted molar refractivity (Wildman–Crippen MR) is 89.8 cm³/mol. The molecule has 0 amide bonds. The van der Waals surface area contributed by atoms with Gasteiger partial charge >= 0.3 is 0 Å². The summed E-state index contributed by atoms with van der Waals surface area (Å²) in [7, 11) is 2.07. The monoisotopic (exact) mass is 279 g/mol. The predicted octanol–water partition coefficient (Wildman–Crippen LogP) is 4.38. The Morgan fingerprint density at radius 1 is 1.00 bits per heavy atom. The molecular formula is C20H25N. The third-order valence-corrected chi connectivity index (χ3v) is 4.81. The number of aryl methyl sites for hydroxylation is 3. The highest BCUT2D eigenvalue weighted by atomic mass is 14.9. The lowest BCUT2D eigenvalue weighted by Crippen LogP contribution is -2.20. The van der Waals surface area contributed by atoms with Crippen LogP contribution in [0.2, 0.25) is 0 Å². The Bertz CT molecular complexity index is 615. The van der Waals surface area contributed by atoms with E-state index in [1.807, 2.05) is 0 Å².